The fraction of sp³-hybridized carbons (Fsp3) is 0.250. The second kappa shape index (κ2) is 6.09. The number of anilines is 1. The first-order valence-electron chi connectivity index (χ1n) is 5.80. The summed E-state index contributed by atoms with van der Waals surface area (Å²) in [5, 5.41) is 3.73. The van der Waals surface area contributed by atoms with Crippen LogP contribution in [-0.2, 0) is 16.6 Å². The molecule has 20 heavy (non-hydrogen) atoms. The molecule has 108 valence electrons. The molecule has 0 fully saturated rings. The Morgan fingerprint density at radius 3 is 2.70 bits per heavy atom. The van der Waals surface area contributed by atoms with Gasteiger partial charge in [-0.25, -0.2) is 13.4 Å². The number of hydrogen-bond donors (Lipinski definition) is 2. The second-order valence-electron chi connectivity index (χ2n) is 4.17. The first-order valence-corrected chi connectivity index (χ1v) is 8.48. The summed E-state index contributed by atoms with van der Waals surface area (Å²) in [6.45, 7) is 2.44. The predicted molar refractivity (Wildman–Crippen MR) is 81.9 cm³/mol. The fourth-order valence-corrected chi connectivity index (χ4v) is 3.85. The molecular weight excluding hydrogens is 318 g/mol. The van der Waals surface area contributed by atoms with Crippen LogP contribution in [0.15, 0.2) is 29.3 Å². The van der Waals surface area contributed by atoms with Crippen LogP contribution in [0.3, 0.4) is 0 Å². The van der Waals surface area contributed by atoms with E-state index in [1.807, 2.05) is 6.92 Å². The van der Waals surface area contributed by atoms with Gasteiger partial charge in [-0.15, -0.1) is 11.3 Å². The number of nitrogens with one attached hydrogen (secondary N) is 2. The van der Waals surface area contributed by atoms with Crippen molar-refractivity contribution in [1.29, 1.82) is 0 Å². The summed E-state index contributed by atoms with van der Waals surface area (Å²) in [5.41, 5.74) is 0.846. The zero-order chi connectivity index (χ0) is 14.8. The van der Waals surface area contributed by atoms with Crippen LogP contribution in [0.25, 0.3) is 0 Å². The lowest BCUT2D eigenvalue weighted by Gasteiger charge is -2.08. The molecule has 1 aromatic heterocycles. The van der Waals surface area contributed by atoms with Gasteiger partial charge < -0.3 is 5.32 Å². The van der Waals surface area contributed by atoms with E-state index in [9.17, 15) is 8.42 Å². The molecule has 2 rings (SSSR count). The first-order chi connectivity index (χ1) is 9.42. The molecule has 0 saturated carbocycles. The largest absolute Gasteiger partial charge is 0.316 e. The number of hydrogen-bond acceptors (Lipinski definition) is 5. The summed E-state index contributed by atoms with van der Waals surface area (Å²) in [7, 11) is -1.86. The molecule has 0 amide bonds. The minimum Gasteiger partial charge on any atom is -0.316 e. The highest BCUT2D eigenvalue weighted by atomic mass is 35.5. The zero-order valence-corrected chi connectivity index (χ0v) is 13.4. The summed E-state index contributed by atoms with van der Waals surface area (Å²) in [5.74, 6) is 0. The van der Waals surface area contributed by atoms with Gasteiger partial charge in [-0.2, -0.15) is 0 Å². The van der Waals surface area contributed by atoms with Crippen molar-refractivity contribution in [3.63, 3.8) is 0 Å². The smallest absolute Gasteiger partial charge is 0.263 e. The number of nitrogens with zero attached hydrogens (tertiary/aromatic N) is 1. The van der Waals surface area contributed by atoms with Crippen LogP contribution in [0.4, 0.5) is 5.13 Å². The van der Waals surface area contributed by atoms with E-state index in [-0.39, 0.29) is 4.90 Å². The Kier molecular flexibility index (Phi) is 4.64. The highest BCUT2D eigenvalue weighted by Crippen LogP contribution is 2.24. The third-order valence-electron chi connectivity index (χ3n) is 2.55. The van der Waals surface area contributed by atoms with Crippen molar-refractivity contribution in [3.05, 3.63) is 39.9 Å². The number of aryl methyl sites for hydroxylation is 1. The average Bonchev–Trinajstić information content (AvgIpc) is 2.76. The standard InChI is InChI=1S/C12H14ClN3O2S2/c1-8-6-15-12(19-8)16-20(17,18)10-4-3-9(7-14-2)11(13)5-10/h3-6,14H,7H2,1-2H3,(H,15,16). The summed E-state index contributed by atoms with van der Waals surface area (Å²) >= 11 is 7.36. The molecule has 0 radical (unpaired) electrons. The van der Waals surface area contributed by atoms with Crippen molar-refractivity contribution < 1.29 is 8.42 Å². The quantitative estimate of drug-likeness (QED) is 0.883. The Labute approximate surface area is 127 Å². The number of aromatic nitrogens is 1. The summed E-state index contributed by atoms with van der Waals surface area (Å²) in [4.78, 5) is 5.04. The lowest BCUT2D eigenvalue weighted by Crippen LogP contribution is -2.13. The maximum Gasteiger partial charge on any atom is 0.263 e. The molecule has 0 aliphatic carbocycles. The minimum absolute atomic E-state index is 0.121. The van der Waals surface area contributed by atoms with Gasteiger partial charge in [-0.05, 0) is 31.7 Å². The predicted octanol–water partition coefficient (Wildman–Crippen LogP) is 2.63. The van der Waals surface area contributed by atoms with E-state index in [1.54, 1.807) is 19.3 Å². The zero-order valence-electron chi connectivity index (χ0n) is 11.0. The monoisotopic (exact) mass is 331 g/mol. The molecule has 1 aromatic carbocycles. The van der Waals surface area contributed by atoms with E-state index in [4.69, 9.17) is 11.6 Å². The third kappa shape index (κ3) is 3.49. The van der Waals surface area contributed by atoms with E-state index in [1.165, 1.54) is 23.5 Å². The van der Waals surface area contributed by atoms with Crippen LogP contribution in [0.2, 0.25) is 5.02 Å². The van der Waals surface area contributed by atoms with Gasteiger partial charge in [-0.3, -0.25) is 4.72 Å². The van der Waals surface area contributed by atoms with Gasteiger partial charge in [0.15, 0.2) is 5.13 Å². The van der Waals surface area contributed by atoms with Gasteiger partial charge in [-0.1, -0.05) is 17.7 Å². The molecule has 2 aromatic rings. The number of benzene rings is 1. The lowest BCUT2D eigenvalue weighted by atomic mass is 10.2. The molecule has 1 heterocycles. The summed E-state index contributed by atoms with van der Waals surface area (Å²) in [6, 6.07) is 4.67. The Hall–Kier alpha value is -1.15. The van der Waals surface area contributed by atoms with Crippen molar-refractivity contribution in [2.45, 2.75) is 18.4 Å². The molecule has 2 N–H and O–H groups in total. The Morgan fingerprint density at radius 2 is 2.15 bits per heavy atom. The van der Waals surface area contributed by atoms with Gasteiger partial charge in [0, 0.05) is 22.6 Å². The highest BCUT2D eigenvalue weighted by molar-refractivity contribution is 7.93. The van der Waals surface area contributed by atoms with Crippen LogP contribution in [0.5, 0.6) is 0 Å². The normalized spacial score (nSPS) is 11.6. The molecule has 8 heteroatoms. The van der Waals surface area contributed by atoms with E-state index >= 15 is 0 Å². The Morgan fingerprint density at radius 1 is 1.40 bits per heavy atom. The van der Waals surface area contributed by atoms with E-state index < -0.39 is 10.0 Å². The molecule has 0 bridgehead atoms. The average molecular weight is 332 g/mol. The number of rotatable bonds is 5. The molecule has 0 atom stereocenters. The third-order valence-corrected chi connectivity index (χ3v) is 5.19. The van der Waals surface area contributed by atoms with Gasteiger partial charge in [0.25, 0.3) is 10.0 Å². The van der Waals surface area contributed by atoms with E-state index in [0.29, 0.717) is 16.7 Å². The molecule has 0 aliphatic rings. The Bertz CT molecular complexity index is 713. The lowest BCUT2D eigenvalue weighted by molar-refractivity contribution is 0.601. The SMILES string of the molecule is CNCc1ccc(S(=O)(=O)Nc2ncc(C)s2)cc1Cl. The minimum atomic E-state index is -3.66. The van der Waals surface area contributed by atoms with Crippen molar-refractivity contribution in [2.75, 3.05) is 11.8 Å². The molecule has 5 nitrogen and oxygen atoms in total. The fourth-order valence-electron chi connectivity index (χ4n) is 1.60. The Balaban J connectivity index is 2.27. The molecular formula is C12H14ClN3O2S2. The van der Waals surface area contributed by atoms with Crippen molar-refractivity contribution in [3.8, 4) is 0 Å². The molecule has 0 unspecified atom stereocenters. The van der Waals surface area contributed by atoms with E-state index in [0.717, 1.165) is 10.4 Å². The molecule has 0 aliphatic heterocycles. The number of thiazole rings is 1. The van der Waals surface area contributed by atoms with Gasteiger partial charge >= 0.3 is 0 Å². The maximum absolute atomic E-state index is 12.2. The van der Waals surface area contributed by atoms with Crippen molar-refractivity contribution in [1.82, 2.24) is 10.3 Å². The number of halogens is 1. The van der Waals surface area contributed by atoms with Gasteiger partial charge in [0.05, 0.1) is 4.90 Å². The van der Waals surface area contributed by atoms with Crippen LogP contribution >= 0.6 is 22.9 Å². The molecule has 0 spiro atoms. The summed E-state index contributed by atoms with van der Waals surface area (Å²) < 4.78 is 26.9. The van der Waals surface area contributed by atoms with Gasteiger partial charge in [0.1, 0.15) is 0 Å². The maximum atomic E-state index is 12.2. The summed E-state index contributed by atoms with van der Waals surface area (Å²) in [6.07, 6.45) is 1.62. The second-order valence-corrected chi connectivity index (χ2v) is 7.49. The topological polar surface area (TPSA) is 71.1 Å². The first kappa shape index (κ1) is 15.2. The molecule has 0 saturated heterocycles. The van der Waals surface area contributed by atoms with Crippen LogP contribution in [-0.4, -0.2) is 20.4 Å². The van der Waals surface area contributed by atoms with E-state index in [2.05, 4.69) is 15.0 Å². The van der Waals surface area contributed by atoms with Crippen molar-refractivity contribution >= 4 is 38.1 Å². The van der Waals surface area contributed by atoms with Crippen LogP contribution in [0, 0.1) is 6.92 Å². The number of sulfonamides is 1. The van der Waals surface area contributed by atoms with Crippen LogP contribution < -0.4 is 10.0 Å². The highest BCUT2D eigenvalue weighted by Gasteiger charge is 2.17. The van der Waals surface area contributed by atoms with Crippen LogP contribution in [0.1, 0.15) is 10.4 Å². The van der Waals surface area contributed by atoms with Gasteiger partial charge in [0.2, 0.25) is 0 Å². The van der Waals surface area contributed by atoms with Crippen molar-refractivity contribution in [2.24, 2.45) is 0 Å².